The summed E-state index contributed by atoms with van der Waals surface area (Å²) in [6, 6.07) is 16.2. The molecule has 1 aromatic heterocycles. The number of fused-ring (bicyclic) bond motifs is 1. The van der Waals surface area contributed by atoms with Crippen LogP contribution in [0.4, 0.5) is 0 Å². The first-order valence-corrected chi connectivity index (χ1v) is 12.6. The Bertz CT molecular complexity index is 1250. The van der Waals surface area contributed by atoms with Gasteiger partial charge in [0.25, 0.3) is 15.9 Å². The van der Waals surface area contributed by atoms with Crippen molar-refractivity contribution in [2.45, 2.75) is 23.6 Å². The minimum absolute atomic E-state index is 0.183. The Hall–Kier alpha value is -2.88. The zero-order chi connectivity index (χ0) is 22.1. The minimum Gasteiger partial charge on any atom is -0.454 e. The lowest BCUT2D eigenvalue weighted by Gasteiger charge is -2.13. The van der Waals surface area contributed by atoms with Gasteiger partial charge in [0.1, 0.15) is 4.21 Å². The molecule has 166 valence electrons. The van der Waals surface area contributed by atoms with Crippen molar-refractivity contribution in [2.75, 3.05) is 19.9 Å². The predicted octanol–water partition coefficient (Wildman–Crippen LogP) is 3.86. The predicted molar refractivity (Wildman–Crippen MR) is 121 cm³/mol. The SMILES string of the molecule is O=C(NCc1ccc2c(c1)OCO2)c1ccc(-c2ccc(S(=O)(=O)N3CCCC3)s2)cc1. The van der Waals surface area contributed by atoms with Gasteiger partial charge in [-0.15, -0.1) is 11.3 Å². The van der Waals surface area contributed by atoms with Crippen LogP contribution in [0.15, 0.2) is 58.8 Å². The number of carbonyl (C=O) groups excluding carboxylic acids is 1. The van der Waals surface area contributed by atoms with Gasteiger partial charge < -0.3 is 14.8 Å². The number of hydrogen-bond acceptors (Lipinski definition) is 6. The van der Waals surface area contributed by atoms with Crippen molar-refractivity contribution in [3.8, 4) is 21.9 Å². The van der Waals surface area contributed by atoms with E-state index < -0.39 is 10.0 Å². The quantitative estimate of drug-likeness (QED) is 0.591. The summed E-state index contributed by atoms with van der Waals surface area (Å²) in [7, 11) is -3.41. The average Bonchev–Trinajstić information content (AvgIpc) is 3.58. The number of carbonyl (C=O) groups is 1. The fraction of sp³-hybridized carbons (Fsp3) is 0.261. The molecule has 3 aromatic rings. The third-order valence-corrected chi connectivity index (χ3v) is 9.06. The molecule has 0 aliphatic carbocycles. The van der Waals surface area contributed by atoms with Crippen LogP contribution in [0.3, 0.4) is 0 Å². The monoisotopic (exact) mass is 470 g/mol. The number of nitrogens with zero attached hydrogens (tertiary/aromatic N) is 1. The van der Waals surface area contributed by atoms with Gasteiger partial charge in [-0.3, -0.25) is 4.79 Å². The minimum atomic E-state index is -3.41. The number of nitrogens with one attached hydrogen (secondary N) is 1. The molecule has 1 amide bonds. The van der Waals surface area contributed by atoms with E-state index in [1.165, 1.54) is 11.3 Å². The number of hydrogen-bond donors (Lipinski definition) is 1. The molecule has 0 spiro atoms. The highest BCUT2D eigenvalue weighted by Crippen LogP contribution is 2.34. The first kappa shape index (κ1) is 21.0. The average molecular weight is 471 g/mol. The van der Waals surface area contributed by atoms with Gasteiger partial charge in [0.05, 0.1) is 0 Å². The van der Waals surface area contributed by atoms with Crippen molar-refractivity contribution in [1.29, 1.82) is 0 Å². The molecule has 0 atom stereocenters. The molecule has 7 nitrogen and oxygen atoms in total. The molecule has 1 fully saturated rings. The van der Waals surface area contributed by atoms with Crippen LogP contribution < -0.4 is 14.8 Å². The summed E-state index contributed by atoms with van der Waals surface area (Å²) in [4.78, 5) is 13.4. The second-order valence-corrected chi connectivity index (χ2v) is 10.9. The summed E-state index contributed by atoms with van der Waals surface area (Å²) in [6.07, 6.45) is 1.82. The fourth-order valence-corrected chi connectivity index (χ4v) is 6.77. The van der Waals surface area contributed by atoms with Gasteiger partial charge >= 0.3 is 0 Å². The number of sulfonamides is 1. The highest BCUT2D eigenvalue weighted by atomic mass is 32.2. The Morgan fingerprint density at radius 3 is 2.50 bits per heavy atom. The van der Waals surface area contributed by atoms with E-state index in [1.807, 2.05) is 36.4 Å². The van der Waals surface area contributed by atoms with E-state index in [1.54, 1.807) is 22.5 Å². The molecule has 0 unspecified atom stereocenters. The van der Waals surface area contributed by atoms with Gasteiger partial charge in [0.2, 0.25) is 6.79 Å². The van der Waals surface area contributed by atoms with E-state index in [4.69, 9.17) is 9.47 Å². The molecule has 0 saturated carbocycles. The van der Waals surface area contributed by atoms with E-state index in [0.29, 0.717) is 40.9 Å². The van der Waals surface area contributed by atoms with Crippen LogP contribution in [0.2, 0.25) is 0 Å². The maximum atomic E-state index is 12.7. The van der Waals surface area contributed by atoms with Crippen molar-refractivity contribution in [1.82, 2.24) is 9.62 Å². The molecule has 1 saturated heterocycles. The maximum absolute atomic E-state index is 12.7. The standard InChI is InChI=1S/C23H22N2O5S2/c26-23(24-14-16-3-8-19-20(13-16)30-15-29-19)18-6-4-17(5-7-18)21-9-10-22(31-21)32(27,28)25-11-1-2-12-25/h3-10,13H,1-2,11-12,14-15H2,(H,24,26). The van der Waals surface area contributed by atoms with Crippen molar-refractivity contribution in [3.63, 3.8) is 0 Å². The third-order valence-electron chi connectivity index (χ3n) is 5.56. The van der Waals surface area contributed by atoms with Gasteiger partial charge in [0, 0.05) is 30.1 Å². The number of benzene rings is 2. The topological polar surface area (TPSA) is 84.9 Å². The fourth-order valence-electron chi connectivity index (χ4n) is 3.79. The lowest BCUT2D eigenvalue weighted by Crippen LogP contribution is -2.27. The molecule has 32 heavy (non-hydrogen) atoms. The second-order valence-electron chi connectivity index (χ2n) is 7.68. The van der Waals surface area contributed by atoms with Crippen LogP contribution in [0.1, 0.15) is 28.8 Å². The van der Waals surface area contributed by atoms with Gasteiger partial charge in [-0.2, -0.15) is 4.31 Å². The Morgan fingerprint density at radius 1 is 0.969 bits per heavy atom. The normalized spacial score (nSPS) is 15.8. The van der Waals surface area contributed by atoms with Crippen LogP contribution in [-0.4, -0.2) is 38.5 Å². The van der Waals surface area contributed by atoms with E-state index >= 15 is 0 Å². The summed E-state index contributed by atoms with van der Waals surface area (Å²) in [5.74, 6) is 1.21. The number of rotatable bonds is 6. The van der Waals surface area contributed by atoms with Crippen LogP contribution in [0.25, 0.3) is 10.4 Å². The summed E-state index contributed by atoms with van der Waals surface area (Å²) in [6.45, 7) is 1.77. The molecular weight excluding hydrogens is 448 g/mol. The van der Waals surface area contributed by atoms with Crippen LogP contribution in [-0.2, 0) is 16.6 Å². The van der Waals surface area contributed by atoms with E-state index in [-0.39, 0.29) is 12.7 Å². The van der Waals surface area contributed by atoms with Crippen molar-refractivity contribution >= 4 is 27.3 Å². The number of thiophene rings is 1. The van der Waals surface area contributed by atoms with E-state index in [2.05, 4.69) is 5.32 Å². The van der Waals surface area contributed by atoms with Gasteiger partial charge in [-0.05, 0) is 60.4 Å². The summed E-state index contributed by atoms with van der Waals surface area (Å²) < 4.78 is 38.1. The van der Waals surface area contributed by atoms with Crippen LogP contribution in [0, 0.1) is 0 Å². The Morgan fingerprint density at radius 2 is 1.72 bits per heavy atom. The first-order chi connectivity index (χ1) is 15.5. The highest BCUT2D eigenvalue weighted by Gasteiger charge is 2.28. The Kier molecular flexibility index (Phi) is 5.62. The Labute approximate surface area is 190 Å². The summed E-state index contributed by atoms with van der Waals surface area (Å²) >= 11 is 1.26. The van der Waals surface area contributed by atoms with Gasteiger partial charge in [0.15, 0.2) is 11.5 Å². The largest absolute Gasteiger partial charge is 0.454 e. The molecule has 1 N–H and O–H groups in total. The Balaban J connectivity index is 1.24. The lowest BCUT2D eigenvalue weighted by molar-refractivity contribution is 0.0951. The number of amides is 1. The zero-order valence-electron chi connectivity index (χ0n) is 17.2. The smallest absolute Gasteiger partial charge is 0.252 e. The highest BCUT2D eigenvalue weighted by molar-refractivity contribution is 7.91. The van der Waals surface area contributed by atoms with Crippen LogP contribution >= 0.6 is 11.3 Å². The maximum Gasteiger partial charge on any atom is 0.252 e. The molecule has 9 heteroatoms. The molecule has 2 aromatic carbocycles. The van der Waals surface area contributed by atoms with Crippen molar-refractivity contribution in [3.05, 3.63) is 65.7 Å². The zero-order valence-corrected chi connectivity index (χ0v) is 18.9. The van der Waals surface area contributed by atoms with E-state index in [9.17, 15) is 13.2 Å². The van der Waals surface area contributed by atoms with Crippen molar-refractivity contribution in [2.24, 2.45) is 0 Å². The molecule has 5 rings (SSSR count). The molecule has 2 aliphatic rings. The van der Waals surface area contributed by atoms with E-state index in [0.717, 1.165) is 28.8 Å². The molecule has 3 heterocycles. The third kappa shape index (κ3) is 4.11. The number of ether oxygens (including phenoxy) is 2. The molecule has 2 aliphatic heterocycles. The summed E-state index contributed by atoms with van der Waals surface area (Å²) in [5, 5.41) is 2.90. The summed E-state index contributed by atoms with van der Waals surface area (Å²) in [5.41, 5.74) is 2.34. The molecule has 0 bridgehead atoms. The van der Waals surface area contributed by atoms with Gasteiger partial charge in [-0.1, -0.05) is 18.2 Å². The van der Waals surface area contributed by atoms with Gasteiger partial charge in [-0.25, -0.2) is 8.42 Å². The first-order valence-electron chi connectivity index (χ1n) is 10.4. The lowest BCUT2D eigenvalue weighted by atomic mass is 10.1. The second kappa shape index (κ2) is 8.57. The van der Waals surface area contributed by atoms with Crippen LogP contribution in [0.5, 0.6) is 11.5 Å². The van der Waals surface area contributed by atoms with Crippen molar-refractivity contribution < 1.29 is 22.7 Å². The molecule has 0 radical (unpaired) electrons. The molecular formula is C23H22N2O5S2.